The summed E-state index contributed by atoms with van der Waals surface area (Å²) in [6, 6.07) is 4.54. The molecule has 2 atom stereocenters. The van der Waals surface area contributed by atoms with Crippen LogP contribution < -0.4 is 5.32 Å². The molecule has 0 saturated carbocycles. The number of likely N-dealkylation sites (tertiary alicyclic amines) is 1. The van der Waals surface area contributed by atoms with Gasteiger partial charge in [-0.1, -0.05) is 6.07 Å². The molecule has 3 rings (SSSR count). The Morgan fingerprint density at radius 1 is 1.53 bits per heavy atom. The zero-order chi connectivity index (χ0) is 13.1. The molecule has 2 saturated heterocycles. The fourth-order valence-electron chi connectivity index (χ4n) is 2.82. The van der Waals surface area contributed by atoms with Crippen molar-refractivity contribution in [3.05, 3.63) is 22.4 Å². The van der Waals surface area contributed by atoms with Gasteiger partial charge in [0.15, 0.2) is 0 Å². The number of thiophene rings is 1. The molecule has 0 bridgehead atoms. The van der Waals surface area contributed by atoms with Gasteiger partial charge in [0.2, 0.25) is 5.91 Å². The van der Waals surface area contributed by atoms with E-state index in [-0.39, 0.29) is 12.0 Å². The Hall–Kier alpha value is -0.910. The van der Waals surface area contributed by atoms with Gasteiger partial charge in [0.1, 0.15) is 0 Å². The summed E-state index contributed by atoms with van der Waals surface area (Å²) < 4.78 is 5.69. The first-order chi connectivity index (χ1) is 9.33. The molecule has 104 valence electrons. The molecule has 0 aromatic carbocycles. The Morgan fingerprint density at radius 2 is 2.47 bits per heavy atom. The molecule has 19 heavy (non-hydrogen) atoms. The van der Waals surface area contributed by atoms with Gasteiger partial charge in [-0.05, 0) is 24.3 Å². The van der Waals surface area contributed by atoms with Gasteiger partial charge in [0.05, 0.1) is 18.8 Å². The van der Waals surface area contributed by atoms with Crippen LogP contribution in [0.25, 0.3) is 0 Å². The maximum atomic E-state index is 12.2. The van der Waals surface area contributed by atoms with Gasteiger partial charge in [0, 0.05) is 30.9 Å². The zero-order valence-corrected chi connectivity index (χ0v) is 11.8. The average Bonchev–Trinajstić information content (AvgIpc) is 3.07. The predicted octanol–water partition coefficient (Wildman–Crippen LogP) is 1.27. The standard InChI is InChI=1S/C14H20N2O2S/c17-14(5-1-3-11-4-2-8-19-11)16-9-12-13(10-16)18-7-6-15-12/h2,4,8,12-13,15H,1,3,5-7,9-10H2/t12-,13-/m0/s1. The van der Waals surface area contributed by atoms with Gasteiger partial charge < -0.3 is 15.0 Å². The number of hydrogen-bond donors (Lipinski definition) is 1. The van der Waals surface area contributed by atoms with Crippen LogP contribution in [-0.2, 0) is 16.0 Å². The van der Waals surface area contributed by atoms with Crippen molar-refractivity contribution in [2.75, 3.05) is 26.2 Å². The third kappa shape index (κ3) is 3.16. The maximum absolute atomic E-state index is 12.2. The van der Waals surface area contributed by atoms with Crippen molar-refractivity contribution >= 4 is 17.2 Å². The van der Waals surface area contributed by atoms with Crippen molar-refractivity contribution in [1.82, 2.24) is 10.2 Å². The number of nitrogens with one attached hydrogen (secondary N) is 1. The lowest BCUT2D eigenvalue weighted by atomic mass is 10.2. The number of aryl methyl sites for hydroxylation is 1. The lowest BCUT2D eigenvalue weighted by Crippen LogP contribution is -2.47. The van der Waals surface area contributed by atoms with Crippen molar-refractivity contribution in [2.24, 2.45) is 0 Å². The summed E-state index contributed by atoms with van der Waals surface area (Å²) in [4.78, 5) is 15.5. The fraction of sp³-hybridized carbons (Fsp3) is 0.643. The van der Waals surface area contributed by atoms with Crippen LogP contribution in [0.3, 0.4) is 0 Å². The first kappa shape index (κ1) is 13.1. The van der Waals surface area contributed by atoms with E-state index < -0.39 is 0 Å². The second kappa shape index (κ2) is 6.03. The number of hydrogen-bond acceptors (Lipinski definition) is 4. The van der Waals surface area contributed by atoms with Gasteiger partial charge in [-0.2, -0.15) is 0 Å². The van der Waals surface area contributed by atoms with E-state index in [2.05, 4.69) is 22.8 Å². The van der Waals surface area contributed by atoms with Crippen molar-refractivity contribution in [2.45, 2.75) is 31.4 Å². The Kier molecular flexibility index (Phi) is 4.15. The van der Waals surface area contributed by atoms with E-state index in [9.17, 15) is 4.79 Å². The van der Waals surface area contributed by atoms with Gasteiger partial charge in [0.25, 0.3) is 0 Å². The molecule has 1 amide bonds. The topological polar surface area (TPSA) is 41.6 Å². The fourth-order valence-corrected chi connectivity index (χ4v) is 3.58. The molecule has 2 aliphatic heterocycles. The van der Waals surface area contributed by atoms with E-state index in [1.54, 1.807) is 11.3 Å². The van der Waals surface area contributed by atoms with E-state index in [1.165, 1.54) is 4.88 Å². The monoisotopic (exact) mass is 280 g/mol. The van der Waals surface area contributed by atoms with Crippen LogP contribution in [0.4, 0.5) is 0 Å². The number of carbonyl (C=O) groups excluding carboxylic acids is 1. The normalized spacial score (nSPS) is 26.4. The van der Waals surface area contributed by atoms with Crippen LogP contribution in [0.2, 0.25) is 0 Å². The summed E-state index contributed by atoms with van der Waals surface area (Å²) >= 11 is 1.77. The SMILES string of the molecule is O=C(CCCc1cccs1)N1C[C@@H]2NCCO[C@H]2C1. The van der Waals surface area contributed by atoms with Gasteiger partial charge in [-0.25, -0.2) is 0 Å². The largest absolute Gasteiger partial charge is 0.373 e. The molecule has 1 aromatic heterocycles. The summed E-state index contributed by atoms with van der Waals surface area (Å²) in [5, 5.41) is 5.52. The molecule has 2 aliphatic rings. The number of rotatable bonds is 4. The third-order valence-electron chi connectivity index (χ3n) is 3.85. The minimum Gasteiger partial charge on any atom is -0.373 e. The third-order valence-corrected chi connectivity index (χ3v) is 4.79. The van der Waals surface area contributed by atoms with Gasteiger partial charge in [-0.15, -0.1) is 11.3 Å². The number of nitrogens with zero attached hydrogens (tertiary/aromatic N) is 1. The smallest absolute Gasteiger partial charge is 0.222 e. The zero-order valence-electron chi connectivity index (χ0n) is 11.0. The van der Waals surface area contributed by atoms with E-state index in [1.807, 2.05) is 4.90 Å². The van der Waals surface area contributed by atoms with E-state index >= 15 is 0 Å². The maximum Gasteiger partial charge on any atom is 0.222 e. The van der Waals surface area contributed by atoms with Crippen molar-refractivity contribution < 1.29 is 9.53 Å². The molecule has 5 heteroatoms. The Labute approximate surface area is 117 Å². The van der Waals surface area contributed by atoms with Crippen molar-refractivity contribution in [1.29, 1.82) is 0 Å². The second-order valence-electron chi connectivity index (χ2n) is 5.20. The highest BCUT2D eigenvalue weighted by atomic mass is 32.1. The molecule has 1 N–H and O–H groups in total. The predicted molar refractivity (Wildman–Crippen MR) is 75.4 cm³/mol. The van der Waals surface area contributed by atoms with Crippen molar-refractivity contribution in [3.8, 4) is 0 Å². The molecule has 0 aliphatic carbocycles. The molecule has 3 heterocycles. The lowest BCUT2D eigenvalue weighted by Gasteiger charge is -2.25. The molecule has 0 radical (unpaired) electrons. The van der Waals surface area contributed by atoms with Crippen LogP contribution in [0, 0.1) is 0 Å². The number of morpholine rings is 1. The highest BCUT2D eigenvalue weighted by Gasteiger charge is 2.37. The van der Waals surface area contributed by atoms with Crippen LogP contribution in [0.5, 0.6) is 0 Å². The van der Waals surface area contributed by atoms with Crippen LogP contribution >= 0.6 is 11.3 Å². The molecule has 0 spiro atoms. The average molecular weight is 280 g/mol. The van der Waals surface area contributed by atoms with Crippen molar-refractivity contribution in [3.63, 3.8) is 0 Å². The summed E-state index contributed by atoms with van der Waals surface area (Å²) in [6.07, 6.45) is 2.81. The molecule has 4 nitrogen and oxygen atoms in total. The first-order valence-electron chi connectivity index (χ1n) is 6.98. The van der Waals surface area contributed by atoms with E-state index in [0.717, 1.165) is 39.1 Å². The lowest BCUT2D eigenvalue weighted by molar-refractivity contribution is -0.130. The minimum atomic E-state index is 0.204. The van der Waals surface area contributed by atoms with E-state index in [4.69, 9.17) is 4.74 Å². The molecule has 1 aromatic rings. The summed E-state index contributed by atoms with van der Waals surface area (Å²) in [6.45, 7) is 3.24. The molecule has 0 unspecified atom stereocenters. The Bertz CT molecular complexity index is 407. The first-order valence-corrected chi connectivity index (χ1v) is 7.86. The summed E-state index contributed by atoms with van der Waals surface area (Å²) in [7, 11) is 0. The van der Waals surface area contributed by atoms with Crippen LogP contribution in [-0.4, -0.2) is 49.2 Å². The quantitative estimate of drug-likeness (QED) is 0.903. The van der Waals surface area contributed by atoms with Gasteiger partial charge >= 0.3 is 0 Å². The van der Waals surface area contributed by atoms with Gasteiger partial charge in [-0.3, -0.25) is 4.79 Å². The second-order valence-corrected chi connectivity index (χ2v) is 6.23. The highest BCUT2D eigenvalue weighted by molar-refractivity contribution is 7.09. The van der Waals surface area contributed by atoms with E-state index in [0.29, 0.717) is 12.5 Å². The van der Waals surface area contributed by atoms with Crippen LogP contribution in [0.1, 0.15) is 17.7 Å². The molecular weight excluding hydrogens is 260 g/mol. The summed E-state index contributed by atoms with van der Waals surface area (Å²) in [5.41, 5.74) is 0. The molecule has 2 fully saturated rings. The number of ether oxygens (including phenoxy) is 1. The molecular formula is C14H20N2O2S. The summed E-state index contributed by atoms with van der Waals surface area (Å²) in [5.74, 6) is 0.274. The number of carbonyl (C=O) groups is 1. The number of fused-ring (bicyclic) bond motifs is 1. The minimum absolute atomic E-state index is 0.204. The van der Waals surface area contributed by atoms with Crippen LogP contribution in [0.15, 0.2) is 17.5 Å². The number of amides is 1. The Morgan fingerprint density at radius 3 is 3.26 bits per heavy atom. The Balaban J connectivity index is 1.43. The highest BCUT2D eigenvalue weighted by Crippen LogP contribution is 2.18.